The van der Waals surface area contributed by atoms with Gasteiger partial charge in [0.1, 0.15) is 0 Å². The van der Waals surface area contributed by atoms with Crippen LogP contribution in [0.5, 0.6) is 0 Å². The second-order valence-electron chi connectivity index (χ2n) is 6.63. The number of benzene rings is 1. The minimum absolute atomic E-state index is 0.205. The van der Waals surface area contributed by atoms with Gasteiger partial charge in [0.2, 0.25) is 5.91 Å². The smallest absolute Gasteiger partial charge is 0.408 e. The molecule has 1 aliphatic rings. The number of ether oxygens (including phenoxy) is 1. The maximum atomic E-state index is 12.4. The van der Waals surface area contributed by atoms with Crippen molar-refractivity contribution in [2.75, 3.05) is 26.3 Å². The molecule has 6 heteroatoms. The fourth-order valence-electron chi connectivity index (χ4n) is 3.51. The van der Waals surface area contributed by atoms with Crippen LogP contribution in [-0.2, 0) is 16.6 Å². The maximum absolute atomic E-state index is 12.4. The largest absolute Gasteiger partial charge is 0.419 e. The van der Waals surface area contributed by atoms with Gasteiger partial charge >= 0.3 is 5.76 Å². The van der Waals surface area contributed by atoms with Crippen molar-refractivity contribution in [1.82, 2.24) is 9.47 Å². The van der Waals surface area contributed by atoms with Crippen molar-refractivity contribution in [2.45, 2.75) is 38.5 Å². The summed E-state index contributed by atoms with van der Waals surface area (Å²) in [6.07, 6.45) is 3.36. The number of fused-ring (bicyclic) bond motifs is 1. The molecular formula is C19H26N2O4. The van der Waals surface area contributed by atoms with Gasteiger partial charge in [-0.05, 0) is 43.9 Å². The van der Waals surface area contributed by atoms with E-state index in [0.717, 1.165) is 43.4 Å². The molecule has 0 aliphatic carbocycles. The Hall–Kier alpha value is -2.08. The molecule has 1 unspecified atom stereocenters. The van der Waals surface area contributed by atoms with Crippen molar-refractivity contribution in [3.8, 4) is 0 Å². The molecule has 6 nitrogen and oxygen atoms in total. The Balaban J connectivity index is 1.66. The monoisotopic (exact) mass is 346 g/mol. The van der Waals surface area contributed by atoms with Crippen molar-refractivity contribution in [2.24, 2.45) is 7.05 Å². The lowest BCUT2D eigenvalue weighted by atomic mass is 9.90. The predicted molar refractivity (Wildman–Crippen MR) is 95.7 cm³/mol. The number of rotatable bonds is 6. The summed E-state index contributed by atoms with van der Waals surface area (Å²) in [6, 6.07) is 5.92. The third-order valence-corrected chi connectivity index (χ3v) is 4.95. The van der Waals surface area contributed by atoms with Crippen LogP contribution in [0.25, 0.3) is 11.1 Å². The summed E-state index contributed by atoms with van der Waals surface area (Å²) < 4.78 is 12.1. The van der Waals surface area contributed by atoms with Crippen LogP contribution < -0.4 is 5.76 Å². The first kappa shape index (κ1) is 17.7. The summed E-state index contributed by atoms with van der Waals surface area (Å²) in [4.78, 5) is 26.0. The van der Waals surface area contributed by atoms with E-state index in [1.54, 1.807) is 7.05 Å². The number of likely N-dealkylation sites (tertiary alicyclic amines) is 1. The van der Waals surface area contributed by atoms with E-state index < -0.39 is 0 Å². The Labute approximate surface area is 147 Å². The molecule has 0 radical (unpaired) electrons. The van der Waals surface area contributed by atoms with E-state index in [1.807, 2.05) is 30.0 Å². The summed E-state index contributed by atoms with van der Waals surface area (Å²) in [7, 11) is 1.71. The van der Waals surface area contributed by atoms with Crippen molar-refractivity contribution >= 4 is 17.0 Å². The topological polar surface area (TPSA) is 64.7 Å². The highest BCUT2D eigenvalue weighted by Gasteiger charge is 2.25. The molecule has 136 valence electrons. The Kier molecular flexibility index (Phi) is 5.58. The first-order chi connectivity index (χ1) is 12.1. The van der Waals surface area contributed by atoms with E-state index in [1.165, 1.54) is 4.57 Å². The lowest BCUT2D eigenvalue weighted by molar-refractivity contribution is -0.132. The first-order valence-corrected chi connectivity index (χ1v) is 9.05. The van der Waals surface area contributed by atoms with Gasteiger partial charge in [-0.15, -0.1) is 0 Å². The minimum atomic E-state index is -0.345. The van der Waals surface area contributed by atoms with Crippen molar-refractivity contribution in [1.29, 1.82) is 0 Å². The Bertz CT molecular complexity index is 792. The molecule has 0 N–H and O–H groups in total. The summed E-state index contributed by atoms with van der Waals surface area (Å²) in [5.74, 6) is 0.151. The molecule has 1 saturated heterocycles. The molecule has 1 aromatic heterocycles. The molecule has 1 amide bonds. The average Bonchev–Trinajstić information content (AvgIpc) is 2.92. The third-order valence-electron chi connectivity index (χ3n) is 4.95. The number of amides is 1. The van der Waals surface area contributed by atoms with Crippen LogP contribution in [-0.4, -0.2) is 41.7 Å². The fourth-order valence-corrected chi connectivity index (χ4v) is 3.51. The van der Waals surface area contributed by atoms with E-state index in [0.29, 0.717) is 31.1 Å². The van der Waals surface area contributed by atoms with Gasteiger partial charge in [-0.2, -0.15) is 0 Å². The summed E-state index contributed by atoms with van der Waals surface area (Å²) in [5.41, 5.74) is 2.55. The molecule has 1 aliphatic heterocycles. The second-order valence-corrected chi connectivity index (χ2v) is 6.63. The van der Waals surface area contributed by atoms with E-state index >= 15 is 0 Å². The molecule has 2 aromatic rings. The molecule has 3 rings (SSSR count). The highest BCUT2D eigenvalue weighted by Crippen LogP contribution is 2.29. The minimum Gasteiger partial charge on any atom is -0.408 e. The molecule has 1 atom stereocenters. The molecule has 0 spiro atoms. The second kappa shape index (κ2) is 7.87. The quantitative estimate of drug-likeness (QED) is 0.754. The SMILES string of the molecule is CCOCCCC(=O)N1CCCC(c2ccc3c(c2)oc(=O)n3C)C1. The Morgan fingerprint density at radius 1 is 1.40 bits per heavy atom. The molecule has 2 heterocycles. The van der Waals surface area contributed by atoms with E-state index in [9.17, 15) is 9.59 Å². The number of oxazole rings is 1. The first-order valence-electron chi connectivity index (χ1n) is 9.05. The average molecular weight is 346 g/mol. The molecular weight excluding hydrogens is 320 g/mol. The number of aromatic nitrogens is 1. The molecule has 0 bridgehead atoms. The number of nitrogens with zero attached hydrogens (tertiary/aromatic N) is 2. The van der Waals surface area contributed by atoms with Crippen molar-refractivity contribution in [3.05, 3.63) is 34.3 Å². The van der Waals surface area contributed by atoms with Gasteiger partial charge in [0.25, 0.3) is 0 Å². The van der Waals surface area contributed by atoms with Crippen LogP contribution in [0.2, 0.25) is 0 Å². The molecule has 25 heavy (non-hydrogen) atoms. The zero-order valence-corrected chi connectivity index (χ0v) is 15.0. The molecule has 1 fully saturated rings. The predicted octanol–water partition coefficient (Wildman–Crippen LogP) is 2.65. The third kappa shape index (κ3) is 3.95. The number of aryl methyl sites for hydroxylation is 1. The van der Waals surface area contributed by atoms with Gasteiger partial charge in [0.05, 0.1) is 5.52 Å². The lowest BCUT2D eigenvalue weighted by Crippen LogP contribution is -2.39. The standard InChI is InChI=1S/C19H26N2O4/c1-3-24-11-5-7-18(22)21-10-4-6-15(13-21)14-8-9-16-17(12-14)25-19(23)20(16)2/h8-9,12,15H,3-7,10-11,13H2,1-2H3. The fraction of sp³-hybridized carbons (Fsp3) is 0.579. The summed E-state index contributed by atoms with van der Waals surface area (Å²) in [6.45, 7) is 4.85. The molecule has 1 aromatic carbocycles. The van der Waals surface area contributed by atoms with Gasteiger partial charge in [0, 0.05) is 45.7 Å². The van der Waals surface area contributed by atoms with Gasteiger partial charge in [-0.3, -0.25) is 9.36 Å². The normalized spacial score (nSPS) is 18.0. The van der Waals surface area contributed by atoms with Crippen LogP contribution in [0, 0.1) is 0 Å². The molecule has 0 saturated carbocycles. The van der Waals surface area contributed by atoms with Crippen LogP contribution in [0.15, 0.2) is 27.4 Å². The van der Waals surface area contributed by atoms with Gasteiger partial charge in [0.15, 0.2) is 5.58 Å². The Morgan fingerprint density at radius 3 is 3.04 bits per heavy atom. The van der Waals surface area contributed by atoms with E-state index in [2.05, 4.69) is 0 Å². The number of carbonyl (C=O) groups excluding carboxylic acids is 1. The van der Waals surface area contributed by atoms with Gasteiger partial charge in [-0.1, -0.05) is 6.07 Å². The summed E-state index contributed by atoms with van der Waals surface area (Å²) in [5, 5.41) is 0. The number of hydrogen-bond donors (Lipinski definition) is 0. The summed E-state index contributed by atoms with van der Waals surface area (Å²) >= 11 is 0. The van der Waals surface area contributed by atoms with Crippen LogP contribution in [0.4, 0.5) is 0 Å². The maximum Gasteiger partial charge on any atom is 0.419 e. The van der Waals surface area contributed by atoms with E-state index in [-0.39, 0.29) is 11.7 Å². The van der Waals surface area contributed by atoms with Crippen LogP contribution in [0.3, 0.4) is 0 Å². The van der Waals surface area contributed by atoms with E-state index in [4.69, 9.17) is 9.15 Å². The zero-order chi connectivity index (χ0) is 17.8. The number of hydrogen-bond acceptors (Lipinski definition) is 4. The highest BCUT2D eigenvalue weighted by atomic mass is 16.5. The van der Waals surface area contributed by atoms with Gasteiger partial charge in [-0.25, -0.2) is 4.79 Å². The van der Waals surface area contributed by atoms with Crippen LogP contribution >= 0.6 is 0 Å². The number of carbonyl (C=O) groups is 1. The Morgan fingerprint density at radius 2 is 2.24 bits per heavy atom. The number of piperidine rings is 1. The van der Waals surface area contributed by atoms with Crippen molar-refractivity contribution in [3.63, 3.8) is 0 Å². The van der Waals surface area contributed by atoms with Gasteiger partial charge < -0.3 is 14.1 Å². The van der Waals surface area contributed by atoms with Crippen molar-refractivity contribution < 1.29 is 13.9 Å². The van der Waals surface area contributed by atoms with Crippen LogP contribution in [0.1, 0.15) is 44.1 Å². The lowest BCUT2D eigenvalue weighted by Gasteiger charge is -2.33. The zero-order valence-electron chi connectivity index (χ0n) is 15.0. The highest BCUT2D eigenvalue weighted by molar-refractivity contribution is 5.76.